The molecule has 0 atom stereocenters. The van der Waals surface area contributed by atoms with Crippen molar-refractivity contribution in [2.24, 2.45) is 0 Å². The molecule has 0 aliphatic rings. The monoisotopic (exact) mass is 429 g/mol. The van der Waals surface area contributed by atoms with Crippen molar-refractivity contribution in [3.8, 4) is 0 Å². The SMILES string of the molecule is CC.CC.CC.CC.CCC.CCC.CCC.CCC.CCC.CCC.CCC. The van der Waals surface area contributed by atoms with E-state index in [2.05, 4.69) is 96.9 Å². The number of rotatable bonds is 0. The molecule has 0 nitrogen and oxygen atoms in total. The van der Waals surface area contributed by atoms with E-state index in [1.807, 2.05) is 55.4 Å². The molecule has 0 aliphatic heterocycles. The topological polar surface area (TPSA) is 0 Å². The predicted molar refractivity (Wildman–Crippen MR) is 157 cm³/mol. The molecule has 0 fully saturated rings. The Hall–Kier alpha value is 0. The highest BCUT2D eigenvalue weighted by Gasteiger charge is 1.37. The lowest BCUT2D eigenvalue weighted by molar-refractivity contribution is 1.09. The molecule has 0 bridgehead atoms. The third-order valence-electron chi connectivity index (χ3n) is 0. The smallest absolute Gasteiger partial charge is 0.0590 e. The van der Waals surface area contributed by atoms with Gasteiger partial charge in [-0.3, -0.25) is 0 Å². The Labute approximate surface area is 197 Å². The summed E-state index contributed by atoms with van der Waals surface area (Å²) in [5, 5.41) is 0. The predicted octanol–water partition coefficient (Wildman–Crippen LogP) is 14.0. The van der Waals surface area contributed by atoms with Crippen LogP contribution in [0, 0.1) is 0 Å². The standard InChI is InChI=1S/7C3H8.4C2H6/c7*1-3-2;4*1-2/h7*3H2,1-2H3;4*1-2H3. The summed E-state index contributed by atoms with van der Waals surface area (Å²) >= 11 is 0. The van der Waals surface area contributed by atoms with Crippen LogP contribution < -0.4 is 0 Å². The van der Waals surface area contributed by atoms with E-state index in [-0.39, 0.29) is 0 Å². The molecule has 0 aromatic heterocycles. The average molecular weight is 429 g/mol. The summed E-state index contributed by atoms with van der Waals surface area (Å²) in [6.07, 6.45) is 8.75. The van der Waals surface area contributed by atoms with E-state index in [0.717, 1.165) is 0 Å². The lowest BCUT2D eigenvalue weighted by Gasteiger charge is -1.48. The molecule has 0 spiro atoms. The molecule has 0 aliphatic carbocycles. The lowest BCUT2D eigenvalue weighted by Crippen LogP contribution is -1.27. The van der Waals surface area contributed by atoms with Crippen molar-refractivity contribution < 1.29 is 0 Å². The van der Waals surface area contributed by atoms with Crippen LogP contribution in [-0.4, -0.2) is 0 Å². The summed E-state index contributed by atoms with van der Waals surface area (Å²) in [4.78, 5) is 0. The summed E-state index contributed by atoms with van der Waals surface area (Å²) < 4.78 is 0. The van der Waals surface area contributed by atoms with Crippen LogP contribution in [0.1, 0.15) is 197 Å². The maximum absolute atomic E-state index is 2.12. The second kappa shape index (κ2) is 417. The molecular weight excluding hydrogens is 348 g/mol. The highest BCUT2D eigenvalue weighted by atomic mass is 13.4. The van der Waals surface area contributed by atoms with Crippen LogP contribution in [0.2, 0.25) is 0 Å². The van der Waals surface area contributed by atoms with Crippen LogP contribution in [0.25, 0.3) is 0 Å². The van der Waals surface area contributed by atoms with Crippen LogP contribution >= 0.6 is 0 Å². The van der Waals surface area contributed by atoms with Crippen molar-refractivity contribution in [3.63, 3.8) is 0 Å². The molecule has 0 rings (SSSR count). The van der Waals surface area contributed by atoms with Gasteiger partial charge in [-0.2, -0.15) is 0 Å². The number of hydrogen-bond donors (Lipinski definition) is 0. The van der Waals surface area contributed by atoms with Crippen molar-refractivity contribution in [2.75, 3.05) is 0 Å². The number of hydrogen-bond acceptors (Lipinski definition) is 0. The molecule has 0 aromatic rings. The zero-order valence-corrected chi connectivity index (χ0v) is 26.9. The largest absolute Gasteiger partial charge is 0.0683 e. The van der Waals surface area contributed by atoms with Crippen LogP contribution in [0.4, 0.5) is 0 Å². The maximum Gasteiger partial charge on any atom is -0.0590 e. The summed E-state index contributed by atoms with van der Waals surface area (Å²) in [7, 11) is 0. The van der Waals surface area contributed by atoms with Gasteiger partial charge in [0.25, 0.3) is 0 Å². The molecule has 196 valence electrons. The first-order valence-electron chi connectivity index (χ1n) is 13.9. The average Bonchev–Trinajstić information content (AvgIpc) is 2.72. The van der Waals surface area contributed by atoms with E-state index in [4.69, 9.17) is 0 Å². The molecule has 0 radical (unpaired) electrons. The zero-order valence-electron chi connectivity index (χ0n) is 26.9. The zero-order chi connectivity index (χ0) is 26.9. The minimum atomic E-state index is 1.25. The van der Waals surface area contributed by atoms with Crippen molar-refractivity contribution in [1.29, 1.82) is 0 Å². The van der Waals surface area contributed by atoms with Gasteiger partial charge < -0.3 is 0 Å². The van der Waals surface area contributed by atoms with Gasteiger partial charge in [0.1, 0.15) is 0 Å². The van der Waals surface area contributed by atoms with E-state index in [1.165, 1.54) is 44.9 Å². The second-order valence-corrected chi connectivity index (χ2v) is 4.95. The van der Waals surface area contributed by atoms with Gasteiger partial charge in [-0.25, -0.2) is 0 Å². The fourth-order valence-electron chi connectivity index (χ4n) is 0. The highest BCUT2D eigenvalue weighted by molar-refractivity contribution is 3.94. The molecule has 29 heavy (non-hydrogen) atoms. The van der Waals surface area contributed by atoms with Gasteiger partial charge in [-0.1, -0.05) is 197 Å². The Kier molecular flexibility index (Phi) is 1010. The minimum absolute atomic E-state index is 1.25. The van der Waals surface area contributed by atoms with Gasteiger partial charge >= 0.3 is 0 Å². The van der Waals surface area contributed by atoms with E-state index < -0.39 is 0 Å². The lowest BCUT2D eigenvalue weighted by atomic mass is 10.6. The Morgan fingerprint density at radius 3 is 0.172 bits per heavy atom. The Balaban J connectivity index is -0.0000000137. The summed E-state index contributed by atoms with van der Waals surface area (Å²) in [6, 6.07) is 0. The molecular formula is C29H80. The molecule has 0 heteroatoms. The quantitative estimate of drug-likeness (QED) is 0.359. The minimum Gasteiger partial charge on any atom is -0.0683 e. The van der Waals surface area contributed by atoms with E-state index >= 15 is 0 Å². The van der Waals surface area contributed by atoms with Crippen LogP contribution in [0.15, 0.2) is 0 Å². The first-order valence-corrected chi connectivity index (χ1v) is 13.9. The van der Waals surface area contributed by atoms with Crippen LogP contribution in [0.3, 0.4) is 0 Å². The maximum atomic E-state index is 2.12. The normalized spacial score (nSPS) is 5.17. The fourth-order valence-corrected chi connectivity index (χ4v) is 0. The Morgan fingerprint density at radius 1 is 0.172 bits per heavy atom. The van der Waals surface area contributed by atoms with E-state index in [0.29, 0.717) is 0 Å². The van der Waals surface area contributed by atoms with Crippen molar-refractivity contribution in [2.45, 2.75) is 197 Å². The van der Waals surface area contributed by atoms with Gasteiger partial charge in [-0.15, -0.1) is 0 Å². The molecule has 0 heterocycles. The first-order chi connectivity index (χ1) is 13.9. The summed E-state index contributed by atoms with van der Waals surface area (Å²) in [6.45, 7) is 45.8. The second-order valence-electron chi connectivity index (χ2n) is 4.95. The summed E-state index contributed by atoms with van der Waals surface area (Å²) in [5.74, 6) is 0. The van der Waals surface area contributed by atoms with Gasteiger partial charge in [0, 0.05) is 0 Å². The van der Waals surface area contributed by atoms with Gasteiger partial charge in [0.2, 0.25) is 0 Å². The van der Waals surface area contributed by atoms with Gasteiger partial charge in [0.15, 0.2) is 0 Å². The third-order valence-corrected chi connectivity index (χ3v) is 0. The molecule has 0 amide bonds. The molecule has 0 aromatic carbocycles. The van der Waals surface area contributed by atoms with E-state index in [9.17, 15) is 0 Å². The Bertz CT molecular complexity index is 19.7. The van der Waals surface area contributed by atoms with Crippen LogP contribution in [-0.2, 0) is 0 Å². The van der Waals surface area contributed by atoms with Gasteiger partial charge in [0.05, 0.1) is 0 Å². The van der Waals surface area contributed by atoms with Crippen molar-refractivity contribution >= 4 is 0 Å². The van der Waals surface area contributed by atoms with E-state index in [1.54, 1.807) is 0 Å². The molecule has 0 N–H and O–H groups in total. The fraction of sp³-hybridized carbons (Fsp3) is 1.00. The van der Waals surface area contributed by atoms with Crippen molar-refractivity contribution in [1.82, 2.24) is 0 Å². The molecule has 0 saturated heterocycles. The van der Waals surface area contributed by atoms with Crippen LogP contribution in [0.5, 0.6) is 0 Å². The first kappa shape index (κ1) is 70.2. The van der Waals surface area contributed by atoms with Crippen molar-refractivity contribution in [3.05, 3.63) is 0 Å². The van der Waals surface area contributed by atoms with Gasteiger partial charge in [-0.05, 0) is 0 Å². The molecule has 0 saturated carbocycles. The molecule has 0 unspecified atom stereocenters. The Morgan fingerprint density at radius 2 is 0.172 bits per heavy atom. The summed E-state index contributed by atoms with van der Waals surface area (Å²) in [5.41, 5.74) is 0. The highest BCUT2D eigenvalue weighted by Crippen LogP contribution is 1.58. The third kappa shape index (κ3) is 0.